The fourth-order valence-corrected chi connectivity index (χ4v) is 2.63. The van der Waals surface area contributed by atoms with E-state index in [1.165, 1.54) is 38.3 Å². The predicted octanol–water partition coefficient (Wildman–Crippen LogP) is 2.81. The molecule has 0 spiro atoms. The molecule has 0 aromatic carbocycles. The molecule has 0 radical (unpaired) electrons. The van der Waals surface area contributed by atoms with Crippen molar-refractivity contribution in [1.82, 2.24) is 9.97 Å². The molecular weight excluding hydrogens is 258 g/mol. The third-order valence-corrected chi connectivity index (χ3v) is 3.76. The molecule has 1 aliphatic carbocycles. The van der Waals surface area contributed by atoms with Gasteiger partial charge in [0.2, 0.25) is 11.8 Å². The van der Waals surface area contributed by atoms with Crippen LogP contribution < -0.4 is 10.6 Å². The highest BCUT2D eigenvalue weighted by atomic mass is 16.6. The van der Waals surface area contributed by atoms with Crippen molar-refractivity contribution in [2.45, 2.75) is 38.5 Å². The number of aromatic nitrogens is 2. The zero-order valence-electron chi connectivity index (χ0n) is 11.8. The second-order valence-electron chi connectivity index (χ2n) is 5.15. The van der Waals surface area contributed by atoms with Gasteiger partial charge in [0, 0.05) is 13.6 Å². The molecule has 1 heterocycles. The van der Waals surface area contributed by atoms with E-state index in [0.29, 0.717) is 18.3 Å². The Labute approximate surface area is 118 Å². The number of nitrogens with zero attached hydrogens (tertiary/aromatic N) is 3. The Balaban J connectivity index is 1.94. The third kappa shape index (κ3) is 3.79. The molecule has 1 saturated carbocycles. The lowest BCUT2D eigenvalue weighted by atomic mass is 9.87. The van der Waals surface area contributed by atoms with Crippen molar-refractivity contribution in [1.29, 1.82) is 0 Å². The fourth-order valence-electron chi connectivity index (χ4n) is 2.63. The normalized spacial score (nSPS) is 15.8. The van der Waals surface area contributed by atoms with Crippen LogP contribution in [0.15, 0.2) is 6.20 Å². The first-order valence-electron chi connectivity index (χ1n) is 7.13. The van der Waals surface area contributed by atoms with Crippen LogP contribution in [0.5, 0.6) is 0 Å². The van der Waals surface area contributed by atoms with Gasteiger partial charge in [-0.1, -0.05) is 32.1 Å². The third-order valence-electron chi connectivity index (χ3n) is 3.76. The monoisotopic (exact) mass is 279 g/mol. The summed E-state index contributed by atoms with van der Waals surface area (Å²) in [6.45, 7) is 0.714. The molecule has 7 heteroatoms. The number of hydrogen-bond donors (Lipinski definition) is 2. The minimum absolute atomic E-state index is 0.0763. The minimum Gasteiger partial charge on any atom is -0.364 e. The summed E-state index contributed by atoms with van der Waals surface area (Å²) in [6.07, 6.45) is 8.78. The largest absolute Gasteiger partial charge is 0.364 e. The molecule has 7 nitrogen and oxygen atoms in total. The van der Waals surface area contributed by atoms with Crippen LogP contribution in [0, 0.1) is 16.0 Å². The van der Waals surface area contributed by atoms with Crippen LogP contribution in [0.4, 0.5) is 17.5 Å². The lowest BCUT2D eigenvalue weighted by molar-refractivity contribution is -0.384. The molecule has 110 valence electrons. The van der Waals surface area contributed by atoms with Crippen molar-refractivity contribution >= 4 is 17.5 Å². The van der Waals surface area contributed by atoms with E-state index in [9.17, 15) is 10.1 Å². The quantitative estimate of drug-likeness (QED) is 0.614. The Morgan fingerprint density at radius 3 is 2.80 bits per heavy atom. The minimum atomic E-state index is -0.456. The second-order valence-corrected chi connectivity index (χ2v) is 5.15. The van der Waals surface area contributed by atoms with Crippen molar-refractivity contribution in [3.05, 3.63) is 16.3 Å². The maximum Gasteiger partial charge on any atom is 0.329 e. The zero-order chi connectivity index (χ0) is 14.4. The molecule has 20 heavy (non-hydrogen) atoms. The molecular formula is C13H21N5O2. The second kappa shape index (κ2) is 7.02. The van der Waals surface area contributed by atoms with E-state index >= 15 is 0 Å². The Bertz CT molecular complexity index is 460. The van der Waals surface area contributed by atoms with Gasteiger partial charge in [-0.2, -0.15) is 4.98 Å². The number of nitro groups is 1. The van der Waals surface area contributed by atoms with Crippen molar-refractivity contribution < 1.29 is 4.92 Å². The van der Waals surface area contributed by atoms with Crippen LogP contribution in [0.25, 0.3) is 0 Å². The summed E-state index contributed by atoms with van der Waals surface area (Å²) in [5.41, 5.74) is -0.0763. The van der Waals surface area contributed by atoms with E-state index in [0.717, 1.165) is 12.3 Å². The van der Waals surface area contributed by atoms with E-state index in [-0.39, 0.29) is 5.69 Å². The van der Waals surface area contributed by atoms with E-state index < -0.39 is 4.92 Å². The van der Waals surface area contributed by atoms with Gasteiger partial charge >= 0.3 is 5.69 Å². The molecule has 1 aromatic rings. The molecule has 1 aliphatic rings. The van der Waals surface area contributed by atoms with Gasteiger partial charge in [0.15, 0.2) is 0 Å². The molecule has 0 aliphatic heterocycles. The Kier molecular flexibility index (Phi) is 5.09. The zero-order valence-corrected chi connectivity index (χ0v) is 11.8. The molecule has 1 aromatic heterocycles. The summed E-state index contributed by atoms with van der Waals surface area (Å²) in [7, 11) is 1.69. The van der Waals surface area contributed by atoms with Crippen LogP contribution in [-0.4, -0.2) is 28.5 Å². The van der Waals surface area contributed by atoms with Crippen LogP contribution in [0.2, 0.25) is 0 Å². The predicted molar refractivity (Wildman–Crippen MR) is 77.9 cm³/mol. The maximum absolute atomic E-state index is 11.0. The smallest absolute Gasteiger partial charge is 0.329 e. The van der Waals surface area contributed by atoms with Crippen molar-refractivity contribution in [2.24, 2.45) is 5.92 Å². The number of hydrogen-bond acceptors (Lipinski definition) is 6. The van der Waals surface area contributed by atoms with Gasteiger partial charge in [-0.25, -0.2) is 4.98 Å². The average Bonchev–Trinajstić information content (AvgIpc) is 2.48. The van der Waals surface area contributed by atoms with Gasteiger partial charge in [0.05, 0.1) is 4.92 Å². The van der Waals surface area contributed by atoms with E-state index in [1.807, 2.05) is 0 Å². The Morgan fingerprint density at radius 2 is 2.15 bits per heavy atom. The fraction of sp³-hybridized carbons (Fsp3) is 0.692. The molecule has 0 saturated heterocycles. The molecule has 0 unspecified atom stereocenters. The van der Waals surface area contributed by atoms with Gasteiger partial charge in [-0.15, -0.1) is 0 Å². The van der Waals surface area contributed by atoms with Crippen LogP contribution in [-0.2, 0) is 0 Å². The summed E-state index contributed by atoms with van der Waals surface area (Å²) >= 11 is 0. The first-order valence-corrected chi connectivity index (χ1v) is 7.13. The van der Waals surface area contributed by atoms with Crippen molar-refractivity contribution in [2.75, 3.05) is 24.2 Å². The summed E-state index contributed by atoms with van der Waals surface area (Å²) < 4.78 is 0. The highest BCUT2D eigenvalue weighted by Crippen LogP contribution is 2.27. The van der Waals surface area contributed by atoms with E-state index in [4.69, 9.17) is 0 Å². The average molecular weight is 279 g/mol. The van der Waals surface area contributed by atoms with Crippen LogP contribution >= 0.6 is 0 Å². The number of rotatable bonds is 6. The standard InChI is InChI=1S/C13H21N5O2/c1-14-13-16-9-11(18(19)20)12(17-13)15-8-7-10-5-3-2-4-6-10/h9-10H,2-8H2,1H3,(H2,14,15,16,17). The highest BCUT2D eigenvalue weighted by Gasteiger charge is 2.18. The van der Waals surface area contributed by atoms with E-state index in [1.54, 1.807) is 7.05 Å². The molecule has 0 bridgehead atoms. The molecule has 0 atom stereocenters. The first-order chi connectivity index (χ1) is 9.70. The number of anilines is 2. The SMILES string of the molecule is CNc1ncc([N+](=O)[O-])c(NCCC2CCCCC2)n1. The van der Waals surface area contributed by atoms with Crippen molar-refractivity contribution in [3.8, 4) is 0 Å². The van der Waals surface area contributed by atoms with Gasteiger partial charge in [0.25, 0.3) is 0 Å². The van der Waals surface area contributed by atoms with Gasteiger partial charge < -0.3 is 10.6 Å². The Hall–Kier alpha value is -1.92. The molecule has 1 fully saturated rings. The van der Waals surface area contributed by atoms with Gasteiger partial charge in [-0.05, 0) is 12.3 Å². The number of nitrogens with one attached hydrogen (secondary N) is 2. The maximum atomic E-state index is 11.0. The van der Waals surface area contributed by atoms with Crippen LogP contribution in [0.3, 0.4) is 0 Å². The summed E-state index contributed by atoms with van der Waals surface area (Å²) in [5, 5.41) is 16.8. The summed E-state index contributed by atoms with van der Waals surface area (Å²) in [4.78, 5) is 18.5. The van der Waals surface area contributed by atoms with Gasteiger partial charge in [0.1, 0.15) is 6.20 Å². The lowest BCUT2D eigenvalue weighted by Crippen LogP contribution is -2.14. The van der Waals surface area contributed by atoms with E-state index in [2.05, 4.69) is 20.6 Å². The highest BCUT2D eigenvalue weighted by molar-refractivity contribution is 5.56. The van der Waals surface area contributed by atoms with Crippen LogP contribution in [0.1, 0.15) is 38.5 Å². The topological polar surface area (TPSA) is 93.0 Å². The molecule has 0 amide bonds. The van der Waals surface area contributed by atoms with Crippen molar-refractivity contribution in [3.63, 3.8) is 0 Å². The Morgan fingerprint density at radius 1 is 1.40 bits per heavy atom. The molecule has 2 rings (SSSR count). The first kappa shape index (κ1) is 14.5. The summed E-state index contributed by atoms with van der Waals surface area (Å²) in [5.74, 6) is 1.42. The summed E-state index contributed by atoms with van der Waals surface area (Å²) in [6, 6.07) is 0. The molecule has 2 N–H and O–H groups in total. The van der Waals surface area contributed by atoms with Gasteiger partial charge in [-0.3, -0.25) is 10.1 Å². The lowest BCUT2D eigenvalue weighted by Gasteiger charge is -2.21.